The van der Waals surface area contributed by atoms with E-state index in [2.05, 4.69) is 193 Å². The highest BCUT2D eigenvalue weighted by molar-refractivity contribution is 6.06. The Bertz CT molecular complexity index is 2240. The van der Waals surface area contributed by atoms with Crippen molar-refractivity contribution in [3.63, 3.8) is 0 Å². The van der Waals surface area contributed by atoms with Crippen LogP contribution in [-0.2, 0) is 6.42 Å². The summed E-state index contributed by atoms with van der Waals surface area (Å²) in [4.78, 5) is 0. The van der Waals surface area contributed by atoms with E-state index in [0.29, 0.717) is 6.04 Å². The third-order valence-electron chi connectivity index (χ3n) is 10.8. The molecule has 49 heavy (non-hydrogen) atoms. The zero-order valence-corrected chi connectivity index (χ0v) is 28.9. The molecule has 0 bridgehead atoms. The highest BCUT2D eigenvalue weighted by Gasteiger charge is 2.50. The molecule has 0 N–H and O–H groups in total. The third-order valence-corrected chi connectivity index (χ3v) is 10.8. The fraction of sp³-hybridized carbons (Fsp3) is 0.196. The fourth-order valence-electron chi connectivity index (χ4n) is 8.16. The van der Waals surface area contributed by atoms with Gasteiger partial charge in [-0.3, -0.25) is 0 Å². The van der Waals surface area contributed by atoms with E-state index < -0.39 is 0 Å². The molecular formula is C46H44N3+3. The summed E-state index contributed by atoms with van der Waals surface area (Å²) in [6.45, 7) is 6.86. The minimum absolute atomic E-state index is 0.0362. The van der Waals surface area contributed by atoms with Gasteiger partial charge in [-0.2, -0.15) is 9.13 Å². The average Bonchev–Trinajstić information content (AvgIpc) is 3.49. The predicted octanol–water partition coefficient (Wildman–Crippen LogP) is 9.11. The molecule has 2 aliphatic rings. The van der Waals surface area contributed by atoms with E-state index in [9.17, 15) is 0 Å². The van der Waals surface area contributed by atoms with Crippen molar-refractivity contribution in [3.05, 3.63) is 180 Å². The Kier molecular flexibility index (Phi) is 8.13. The lowest BCUT2D eigenvalue weighted by atomic mass is 9.86. The minimum atomic E-state index is -0.0362. The number of nitrogens with zero attached hydrogens (tertiary/aromatic N) is 3. The van der Waals surface area contributed by atoms with Crippen molar-refractivity contribution in [1.82, 2.24) is 0 Å². The number of allylic oxidation sites excluding steroid dienone is 1. The number of pyridine rings is 2. The first-order valence-electron chi connectivity index (χ1n) is 17.7. The Balaban J connectivity index is 1.41. The molecule has 3 atom stereocenters. The summed E-state index contributed by atoms with van der Waals surface area (Å²) in [5.41, 5.74) is 15.5. The molecule has 3 unspecified atom stereocenters. The highest BCUT2D eigenvalue weighted by Crippen LogP contribution is 2.42. The lowest BCUT2D eigenvalue weighted by molar-refractivity contribution is -0.793. The highest BCUT2D eigenvalue weighted by atomic mass is 15.1. The molecule has 8 rings (SSSR count). The summed E-state index contributed by atoms with van der Waals surface area (Å²) in [7, 11) is 2.25. The first-order valence-corrected chi connectivity index (χ1v) is 17.7. The summed E-state index contributed by atoms with van der Waals surface area (Å²) >= 11 is 0. The van der Waals surface area contributed by atoms with Crippen molar-refractivity contribution in [2.24, 2.45) is 0 Å². The maximum atomic E-state index is 2.59. The lowest BCUT2D eigenvalue weighted by Gasteiger charge is -2.23. The van der Waals surface area contributed by atoms with Gasteiger partial charge in [0.05, 0.1) is 11.1 Å². The summed E-state index contributed by atoms with van der Waals surface area (Å²) in [6, 6.07) is 49.8. The zero-order valence-electron chi connectivity index (χ0n) is 28.9. The maximum absolute atomic E-state index is 2.59. The molecule has 6 aromatic rings. The molecule has 4 heterocycles. The molecule has 2 aromatic heterocycles. The van der Waals surface area contributed by atoms with Crippen molar-refractivity contribution >= 4 is 5.71 Å². The van der Waals surface area contributed by atoms with Crippen LogP contribution in [0.25, 0.3) is 33.6 Å². The van der Waals surface area contributed by atoms with Crippen LogP contribution in [0.2, 0.25) is 0 Å². The van der Waals surface area contributed by atoms with Gasteiger partial charge < -0.3 is 0 Å². The molecule has 3 heteroatoms. The van der Waals surface area contributed by atoms with E-state index in [0.717, 1.165) is 12.8 Å². The summed E-state index contributed by atoms with van der Waals surface area (Å²) in [5.74, 6) is 0. The maximum Gasteiger partial charge on any atom is 0.250 e. The summed E-state index contributed by atoms with van der Waals surface area (Å²) < 4.78 is 7.61. The zero-order chi connectivity index (χ0) is 33.5. The van der Waals surface area contributed by atoms with Gasteiger partial charge in [0.2, 0.25) is 23.1 Å². The number of fused-ring (bicyclic) bond motifs is 3. The Morgan fingerprint density at radius 3 is 2.27 bits per heavy atom. The van der Waals surface area contributed by atoms with Crippen LogP contribution in [0.4, 0.5) is 0 Å². The van der Waals surface area contributed by atoms with E-state index in [1.807, 2.05) is 0 Å². The van der Waals surface area contributed by atoms with Gasteiger partial charge in [0.15, 0.2) is 17.9 Å². The van der Waals surface area contributed by atoms with Gasteiger partial charge in [-0.25, -0.2) is 4.58 Å². The Hall–Kier alpha value is -5.41. The topological polar surface area (TPSA) is 10.8 Å². The van der Waals surface area contributed by atoms with E-state index in [1.54, 1.807) is 0 Å². The molecule has 0 radical (unpaired) electrons. The second-order valence-electron chi connectivity index (χ2n) is 13.6. The van der Waals surface area contributed by atoms with Gasteiger partial charge in [-0.1, -0.05) is 91.9 Å². The van der Waals surface area contributed by atoms with Gasteiger partial charge in [0.25, 0.3) is 6.04 Å². The van der Waals surface area contributed by atoms with Gasteiger partial charge in [0.1, 0.15) is 7.05 Å². The smallest absolute Gasteiger partial charge is 0.229 e. The van der Waals surface area contributed by atoms with Crippen molar-refractivity contribution in [2.75, 3.05) is 7.05 Å². The number of aryl methyl sites for hydroxylation is 2. The van der Waals surface area contributed by atoms with Gasteiger partial charge >= 0.3 is 0 Å². The monoisotopic (exact) mass is 638 g/mol. The van der Waals surface area contributed by atoms with Crippen LogP contribution in [0.5, 0.6) is 0 Å². The van der Waals surface area contributed by atoms with Gasteiger partial charge in [-0.05, 0) is 60.4 Å². The second kappa shape index (κ2) is 12.9. The van der Waals surface area contributed by atoms with Crippen molar-refractivity contribution in [2.45, 2.75) is 51.7 Å². The van der Waals surface area contributed by atoms with E-state index in [1.165, 1.54) is 67.3 Å². The van der Waals surface area contributed by atoms with Crippen LogP contribution >= 0.6 is 0 Å². The van der Waals surface area contributed by atoms with Crippen LogP contribution in [0.15, 0.2) is 152 Å². The molecule has 240 valence electrons. The minimum Gasteiger partial charge on any atom is -0.229 e. The third kappa shape index (κ3) is 5.34. The summed E-state index contributed by atoms with van der Waals surface area (Å²) in [5, 5.41) is 0. The largest absolute Gasteiger partial charge is 0.250 e. The van der Waals surface area contributed by atoms with E-state index >= 15 is 0 Å². The van der Waals surface area contributed by atoms with Crippen molar-refractivity contribution in [3.8, 4) is 33.6 Å². The summed E-state index contributed by atoms with van der Waals surface area (Å²) in [6.07, 6.45) is 8.99. The molecule has 0 saturated heterocycles. The van der Waals surface area contributed by atoms with Crippen LogP contribution in [0, 0.1) is 6.92 Å². The molecule has 4 aromatic carbocycles. The first-order chi connectivity index (χ1) is 24.0. The molecular weight excluding hydrogens is 595 g/mol. The van der Waals surface area contributed by atoms with Crippen molar-refractivity contribution in [1.29, 1.82) is 0 Å². The van der Waals surface area contributed by atoms with Crippen LogP contribution in [0.1, 0.15) is 60.3 Å². The molecule has 2 aliphatic heterocycles. The average molecular weight is 639 g/mol. The standard InChI is InChI=1S/C46H44N3/c1-5-34-31-36(35-19-7-6-8-20-35)28-29-37(34)43-25-13-14-30-48(43)45(40-23-11-9-21-38(40)42-26-15-17-32(2)47(42)4)46-41-24-12-10-22-39(41)44-27-16-18-33(3)49(44)46/h6-16,18-32,45-46H,5,17H2,1-4H3/q+3. The lowest BCUT2D eigenvalue weighted by Crippen LogP contribution is -2.55. The molecule has 0 spiro atoms. The van der Waals surface area contributed by atoms with E-state index in [4.69, 9.17) is 0 Å². The normalized spacial score (nSPS) is 17.1. The van der Waals surface area contributed by atoms with Gasteiger partial charge in [-0.15, -0.1) is 0 Å². The molecule has 3 nitrogen and oxygen atoms in total. The first kappa shape index (κ1) is 30.9. The SMILES string of the molecule is CCc1cc(-c2ccccc2)ccc1-c1cccc[n+]1C(c1ccccc1C1=[N+](C)C(C)CC=C1)C1c2ccccc2-c2cccc(C)[n+]21. The Morgan fingerprint density at radius 1 is 0.694 bits per heavy atom. The number of hydrogen-bond acceptors (Lipinski definition) is 0. The Morgan fingerprint density at radius 2 is 1.43 bits per heavy atom. The van der Waals surface area contributed by atoms with Crippen LogP contribution in [-0.4, -0.2) is 23.4 Å². The molecule has 0 amide bonds. The molecule has 0 saturated carbocycles. The molecule has 0 aliphatic carbocycles. The fourth-order valence-corrected chi connectivity index (χ4v) is 8.16. The van der Waals surface area contributed by atoms with Gasteiger partial charge in [0, 0.05) is 60.4 Å². The predicted molar refractivity (Wildman–Crippen MR) is 200 cm³/mol. The number of benzene rings is 4. The number of hydrogen-bond donors (Lipinski definition) is 0. The van der Waals surface area contributed by atoms with Crippen molar-refractivity contribution < 1.29 is 13.7 Å². The quantitative estimate of drug-likeness (QED) is 0.155. The van der Waals surface area contributed by atoms with E-state index in [-0.39, 0.29) is 12.1 Å². The number of rotatable bonds is 7. The second-order valence-corrected chi connectivity index (χ2v) is 13.6. The molecule has 0 fully saturated rings. The van der Waals surface area contributed by atoms with Crippen LogP contribution in [0.3, 0.4) is 0 Å². The Labute approximate surface area is 290 Å². The number of aromatic nitrogens is 2. The van der Waals surface area contributed by atoms with Crippen LogP contribution < -0.4 is 9.13 Å².